The molecule has 2 N–H and O–H groups in total. The molecule has 0 aromatic carbocycles. The quantitative estimate of drug-likeness (QED) is 0.278. The average Bonchev–Trinajstić information content (AvgIpc) is 2.64. The summed E-state index contributed by atoms with van der Waals surface area (Å²) in [5.41, 5.74) is 0. The topological polar surface area (TPSA) is 75.6 Å². The second kappa shape index (κ2) is 10.8. The first-order valence-corrected chi connectivity index (χ1v) is 10.5. The molecule has 0 saturated heterocycles. The molecule has 0 aliphatic heterocycles. The Labute approximate surface area is 126 Å². The van der Waals surface area contributed by atoms with Gasteiger partial charge in [-0.2, -0.15) is 8.42 Å². The molecule has 0 aromatic rings. The predicted molar refractivity (Wildman–Crippen MR) is 83.6 cm³/mol. The monoisotopic (exact) mass is 325 g/mol. The SMILES string of the molecule is O=S(=O)(O)SCCNCCCCOC1CCCCCC1. The smallest absolute Gasteiger partial charge is 0.319 e. The van der Waals surface area contributed by atoms with E-state index in [9.17, 15) is 8.42 Å². The van der Waals surface area contributed by atoms with Crippen molar-refractivity contribution in [1.82, 2.24) is 5.32 Å². The summed E-state index contributed by atoms with van der Waals surface area (Å²) in [7, 11) is -3.32. The summed E-state index contributed by atoms with van der Waals surface area (Å²) in [4.78, 5) is 0. The van der Waals surface area contributed by atoms with E-state index in [0.717, 1.165) is 26.0 Å². The van der Waals surface area contributed by atoms with Crippen molar-refractivity contribution in [3.05, 3.63) is 0 Å². The molecule has 0 heterocycles. The Morgan fingerprint density at radius 1 is 1.10 bits per heavy atom. The fourth-order valence-corrected chi connectivity index (χ4v) is 3.67. The first-order chi connectivity index (χ1) is 9.58. The Morgan fingerprint density at radius 3 is 2.45 bits per heavy atom. The van der Waals surface area contributed by atoms with Crippen LogP contribution in [0.15, 0.2) is 0 Å². The van der Waals surface area contributed by atoms with Crippen molar-refractivity contribution in [3.63, 3.8) is 0 Å². The molecular formula is C13H27NO4S2. The molecule has 1 fully saturated rings. The van der Waals surface area contributed by atoms with Crippen molar-refractivity contribution in [2.75, 3.05) is 25.4 Å². The van der Waals surface area contributed by atoms with Gasteiger partial charge in [0, 0.05) is 18.9 Å². The summed E-state index contributed by atoms with van der Waals surface area (Å²) < 4.78 is 35.3. The minimum atomic E-state index is -3.88. The van der Waals surface area contributed by atoms with Gasteiger partial charge in [-0.3, -0.25) is 4.55 Å². The highest BCUT2D eigenvalue weighted by Crippen LogP contribution is 2.19. The maximum absolute atomic E-state index is 10.5. The van der Waals surface area contributed by atoms with Gasteiger partial charge in [0.25, 0.3) is 0 Å². The molecule has 1 rings (SSSR count). The molecule has 7 heteroatoms. The van der Waals surface area contributed by atoms with Gasteiger partial charge in [0.15, 0.2) is 0 Å². The molecule has 20 heavy (non-hydrogen) atoms. The minimum absolute atomic E-state index is 0.372. The average molecular weight is 325 g/mol. The van der Waals surface area contributed by atoms with Crippen LogP contribution in [0.3, 0.4) is 0 Å². The van der Waals surface area contributed by atoms with Crippen LogP contribution in [-0.4, -0.2) is 44.5 Å². The van der Waals surface area contributed by atoms with Crippen LogP contribution in [0.2, 0.25) is 0 Å². The van der Waals surface area contributed by atoms with Gasteiger partial charge >= 0.3 is 9.15 Å². The number of unbranched alkanes of at least 4 members (excludes halogenated alkanes) is 1. The van der Waals surface area contributed by atoms with Gasteiger partial charge in [0.05, 0.1) is 6.10 Å². The summed E-state index contributed by atoms with van der Waals surface area (Å²) in [5, 5.41) is 3.15. The molecule has 0 radical (unpaired) electrons. The number of nitrogens with one attached hydrogen (secondary N) is 1. The number of ether oxygens (including phenoxy) is 1. The van der Waals surface area contributed by atoms with Crippen molar-refractivity contribution in [2.24, 2.45) is 0 Å². The second-order valence-corrected chi connectivity index (χ2v) is 8.66. The number of rotatable bonds is 10. The molecule has 0 amide bonds. The van der Waals surface area contributed by atoms with Crippen molar-refractivity contribution >= 4 is 19.9 Å². The third-order valence-corrected chi connectivity index (χ3v) is 5.48. The van der Waals surface area contributed by atoms with Crippen LogP contribution in [0.4, 0.5) is 0 Å². The Balaban J connectivity index is 1.84. The summed E-state index contributed by atoms with van der Waals surface area (Å²) in [5.74, 6) is 0.372. The van der Waals surface area contributed by atoms with Crippen molar-refractivity contribution < 1.29 is 17.7 Å². The Kier molecular flexibility index (Phi) is 9.88. The summed E-state index contributed by atoms with van der Waals surface area (Å²) in [6, 6.07) is 0. The van der Waals surface area contributed by atoms with Gasteiger partial charge in [-0.15, -0.1) is 0 Å². The third-order valence-electron chi connectivity index (χ3n) is 3.41. The first kappa shape index (κ1) is 18.2. The van der Waals surface area contributed by atoms with Gasteiger partial charge < -0.3 is 10.1 Å². The van der Waals surface area contributed by atoms with Crippen molar-refractivity contribution in [1.29, 1.82) is 0 Å². The minimum Gasteiger partial charge on any atom is -0.378 e. The van der Waals surface area contributed by atoms with Gasteiger partial charge in [0.2, 0.25) is 0 Å². The van der Waals surface area contributed by atoms with E-state index >= 15 is 0 Å². The van der Waals surface area contributed by atoms with E-state index in [4.69, 9.17) is 9.29 Å². The van der Waals surface area contributed by atoms with Crippen LogP contribution in [0.5, 0.6) is 0 Å². The third kappa shape index (κ3) is 10.9. The number of hydrogen-bond donors (Lipinski definition) is 2. The standard InChI is InChI=1S/C13H27NO4S2/c15-20(16,17)19-12-10-14-9-5-6-11-18-13-7-3-1-2-4-8-13/h13-14H,1-12H2,(H,15,16,17). The molecule has 0 aromatic heterocycles. The van der Waals surface area contributed by atoms with E-state index in [0.29, 0.717) is 29.2 Å². The lowest BCUT2D eigenvalue weighted by molar-refractivity contribution is 0.0410. The van der Waals surface area contributed by atoms with E-state index in [1.54, 1.807) is 0 Å². The normalized spacial score (nSPS) is 18.1. The maximum atomic E-state index is 10.5. The first-order valence-electron chi connectivity index (χ1n) is 7.52. The zero-order valence-electron chi connectivity index (χ0n) is 12.1. The number of hydrogen-bond acceptors (Lipinski definition) is 5. The van der Waals surface area contributed by atoms with Crippen LogP contribution in [0.1, 0.15) is 51.4 Å². The lowest BCUT2D eigenvalue weighted by Crippen LogP contribution is -2.20. The van der Waals surface area contributed by atoms with E-state index < -0.39 is 9.15 Å². The van der Waals surface area contributed by atoms with Gasteiger partial charge in [-0.05, 0) is 43.0 Å². The van der Waals surface area contributed by atoms with Crippen LogP contribution < -0.4 is 5.32 Å². The van der Waals surface area contributed by atoms with Crippen LogP contribution in [0.25, 0.3) is 0 Å². The Bertz CT molecular complexity index is 327. The van der Waals surface area contributed by atoms with E-state index in [1.807, 2.05) is 0 Å². The highest BCUT2D eigenvalue weighted by atomic mass is 33.1. The van der Waals surface area contributed by atoms with E-state index in [-0.39, 0.29) is 0 Å². The van der Waals surface area contributed by atoms with Crippen molar-refractivity contribution in [2.45, 2.75) is 57.5 Å². The Morgan fingerprint density at radius 2 is 1.80 bits per heavy atom. The Hall–Kier alpha value is 0.180. The summed E-state index contributed by atoms with van der Waals surface area (Å²) in [6.45, 7) is 2.28. The highest BCUT2D eigenvalue weighted by molar-refractivity contribution is 8.69. The fraction of sp³-hybridized carbons (Fsp3) is 1.00. The molecular weight excluding hydrogens is 298 g/mol. The molecule has 120 valence electrons. The molecule has 5 nitrogen and oxygen atoms in total. The maximum Gasteiger partial charge on any atom is 0.319 e. The van der Waals surface area contributed by atoms with Crippen LogP contribution >= 0.6 is 10.8 Å². The zero-order valence-corrected chi connectivity index (χ0v) is 13.7. The largest absolute Gasteiger partial charge is 0.378 e. The van der Waals surface area contributed by atoms with Crippen molar-refractivity contribution in [3.8, 4) is 0 Å². The van der Waals surface area contributed by atoms with E-state index in [1.165, 1.54) is 38.5 Å². The summed E-state index contributed by atoms with van der Waals surface area (Å²) in [6.07, 6.45) is 10.3. The lowest BCUT2D eigenvalue weighted by Gasteiger charge is -2.15. The molecule has 0 bridgehead atoms. The zero-order chi connectivity index (χ0) is 14.7. The molecule has 0 atom stereocenters. The van der Waals surface area contributed by atoms with Gasteiger partial charge in [0.1, 0.15) is 0 Å². The highest BCUT2D eigenvalue weighted by Gasteiger charge is 2.11. The molecule has 1 saturated carbocycles. The lowest BCUT2D eigenvalue weighted by atomic mass is 10.1. The molecule has 1 aliphatic carbocycles. The van der Waals surface area contributed by atoms with Gasteiger partial charge in [-0.1, -0.05) is 25.7 Å². The van der Waals surface area contributed by atoms with E-state index in [2.05, 4.69) is 5.32 Å². The molecule has 1 aliphatic rings. The molecule has 0 spiro atoms. The fourth-order valence-electron chi connectivity index (χ4n) is 2.35. The second-order valence-electron chi connectivity index (χ2n) is 5.19. The van der Waals surface area contributed by atoms with Crippen LogP contribution in [0, 0.1) is 0 Å². The van der Waals surface area contributed by atoms with Gasteiger partial charge in [-0.25, -0.2) is 0 Å². The van der Waals surface area contributed by atoms with Crippen LogP contribution in [-0.2, 0) is 13.9 Å². The molecule has 0 unspecified atom stereocenters. The predicted octanol–water partition coefficient (Wildman–Crippen LogP) is 2.63. The summed E-state index contributed by atoms with van der Waals surface area (Å²) >= 11 is 0.